The summed E-state index contributed by atoms with van der Waals surface area (Å²) in [7, 11) is 0. The van der Waals surface area contributed by atoms with Crippen molar-refractivity contribution < 1.29 is 24.3 Å². The molecule has 4 N–H and O–H groups in total. The second kappa shape index (κ2) is 16.4. The molecule has 5 aromatic carbocycles. The topological polar surface area (TPSA) is 125 Å². The molecule has 0 aliphatic rings. The number of anilines is 2. The lowest BCUT2D eigenvalue weighted by atomic mass is 10.1. The number of amides is 3. The maximum Gasteiger partial charge on any atom is 0.337 e. The highest BCUT2D eigenvalue weighted by molar-refractivity contribution is 8.00. The summed E-state index contributed by atoms with van der Waals surface area (Å²) in [5, 5.41) is 17.6. The molecule has 0 aromatic heterocycles. The molecular formula is C37H26Cl3N3O5S. The first kappa shape index (κ1) is 35.3. The Morgan fingerprint density at radius 2 is 1.31 bits per heavy atom. The number of thioether (sulfide) groups is 1. The summed E-state index contributed by atoms with van der Waals surface area (Å²) in [5.74, 6) is -2.78. The zero-order valence-corrected chi connectivity index (χ0v) is 28.4. The standard InChI is InChI=1S/C37H26Cl3N3O5S/c38-29-15-8-16-30(39)27(29)21-32(43-34(44)23-11-5-2-6-12-23)35(45)41-24-13-7-14-26(19-24)49-33(22-9-3-1-4-10-22)36(46)42-25-17-18-31(40)28(20-25)37(47)48/h1-21,33H,(H,41,45)(H,42,46)(H,43,44)(H,47,48)/b32-21+. The Hall–Kier alpha value is -5.06. The van der Waals surface area contributed by atoms with Crippen LogP contribution in [-0.2, 0) is 9.59 Å². The molecule has 0 saturated carbocycles. The highest BCUT2D eigenvalue weighted by atomic mass is 35.5. The summed E-state index contributed by atoms with van der Waals surface area (Å²) in [6, 6.07) is 33.4. The van der Waals surface area contributed by atoms with Crippen LogP contribution < -0.4 is 16.0 Å². The first-order valence-electron chi connectivity index (χ1n) is 14.6. The third-order valence-corrected chi connectivity index (χ3v) is 9.20. The van der Waals surface area contributed by atoms with Gasteiger partial charge in [-0.2, -0.15) is 0 Å². The van der Waals surface area contributed by atoms with Gasteiger partial charge in [-0.1, -0.05) is 95.5 Å². The Kier molecular flexibility index (Phi) is 11.8. The third kappa shape index (κ3) is 9.31. The van der Waals surface area contributed by atoms with Crippen molar-refractivity contribution in [3.63, 3.8) is 0 Å². The lowest BCUT2D eigenvalue weighted by molar-refractivity contribution is -0.116. The number of nitrogens with one attached hydrogen (secondary N) is 3. The first-order chi connectivity index (χ1) is 23.6. The number of carbonyl (C=O) groups is 4. The normalized spacial score (nSPS) is 11.7. The van der Waals surface area contributed by atoms with Gasteiger partial charge in [0.25, 0.3) is 11.8 Å². The number of halogens is 3. The zero-order chi connectivity index (χ0) is 34.9. The fourth-order valence-corrected chi connectivity index (χ4v) is 6.38. The van der Waals surface area contributed by atoms with Crippen molar-refractivity contribution in [2.75, 3.05) is 10.6 Å². The van der Waals surface area contributed by atoms with Crippen molar-refractivity contribution in [2.45, 2.75) is 10.1 Å². The maximum absolute atomic E-state index is 13.7. The number of aromatic carboxylic acids is 1. The number of carboxylic acid groups (broad SMARTS) is 1. The van der Waals surface area contributed by atoms with Gasteiger partial charge in [-0.3, -0.25) is 14.4 Å². The number of carboxylic acids is 1. The van der Waals surface area contributed by atoms with E-state index in [-0.39, 0.29) is 32.0 Å². The maximum atomic E-state index is 13.7. The van der Waals surface area contributed by atoms with Crippen LogP contribution in [0, 0.1) is 0 Å². The Bertz CT molecular complexity index is 2040. The van der Waals surface area contributed by atoms with E-state index in [9.17, 15) is 24.3 Å². The molecule has 3 amide bonds. The van der Waals surface area contributed by atoms with Crippen LogP contribution in [-0.4, -0.2) is 28.8 Å². The van der Waals surface area contributed by atoms with Gasteiger partial charge in [-0.05, 0) is 72.3 Å². The predicted octanol–water partition coefficient (Wildman–Crippen LogP) is 9.23. The smallest absolute Gasteiger partial charge is 0.337 e. The van der Waals surface area contributed by atoms with Crippen molar-refractivity contribution in [2.24, 2.45) is 0 Å². The van der Waals surface area contributed by atoms with E-state index in [0.29, 0.717) is 27.3 Å². The Morgan fingerprint density at radius 3 is 1.98 bits per heavy atom. The highest BCUT2D eigenvalue weighted by Crippen LogP contribution is 2.37. The molecule has 49 heavy (non-hydrogen) atoms. The van der Waals surface area contributed by atoms with Crippen LogP contribution in [0.25, 0.3) is 6.08 Å². The molecule has 0 spiro atoms. The van der Waals surface area contributed by atoms with Crippen LogP contribution in [0.1, 0.15) is 37.1 Å². The monoisotopic (exact) mass is 729 g/mol. The minimum Gasteiger partial charge on any atom is -0.478 e. The van der Waals surface area contributed by atoms with Gasteiger partial charge in [-0.25, -0.2) is 4.79 Å². The van der Waals surface area contributed by atoms with Gasteiger partial charge in [0.1, 0.15) is 10.9 Å². The fourth-order valence-electron chi connectivity index (χ4n) is 4.59. The molecule has 0 aliphatic heterocycles. The van der Waals surface area contributed by atoms with Crippen LogP contribution in [0.2, 0.25) is 15.1 Å². The van der Waals surface area contributed by atoms with Gasteiger partial charge in [0.15, 0.2) is 0 Å². The molecule has 5 aromatic rings. The molecule has 0 radical (unpaired) electrons. The molecule has 0 aliphatic carbocycles. The molecule has 0 saturated heterocycles. The number of carbonyl (C=O) groups excluding carboxylic acids is 3. The lowest BCUT2D eigenvalue weighted by Gasteiger charge is -2.18. The average Bonchev–Trinajstić information content (AvgIpc) is 3.09. The summed E-state index contributed by atoms with van der Waals surface area (Å²) >= 11 is 20.0. The summed E-state index contributed by atoms with van der Waals surface area (Å²) in [5.41, 5.74) is 1.79. The fraction of sp³-hybridized carbons (Fsp3) is 0.0270. The van der Waals surface area contributed by atoms with Gasteiger partial charge in [0.2, 0.25) is 5.91 Å². The summed E-state index contributed by atoms with van der Waals surface area (Å²) in [4.78, 5) is 52.6. The molecule has 1 atom stereocenters. The van der Waals surface area contributed by atoms with Crippen LogP contribution in [0.5, 0.6) is 0 Å². The average molecular weight is 731 g/mol. The van der Waals surface area contributed by atoms with Crippen LogP contribution in [0.15, 0.2) is 132 Å². The number of benzene rings is 5. The van der Waals surface area contributed by atoms with Gasteiger partial charge in [-0.15, -0.1) is 11.8 Å². The molecule has 8 nitrogen and oxygen atoms in total. The molecule has 1 unspecified atom stereocenters. The highest BCUT2D eigenvalue weighted by Gasteiger charge is 2.24. The summed E-state index contributed by atoms with van der Waals surface area (Å²) in [6.45, 7) is 0. The van der Waals surface area contributed by atoms with Crippen molar-refractivity contribution in [1.29, 1.82) is 0 Å². The Balaban J connectivity index is 1.40. The lowest BCUT2D eigenvalue weighted by Crippen LogP contribution is -2.30. The minimum atomic E-state index is -1.22. The van der Waals surface area contributed by atoms with Crippen molar-refractivity contribution in [3.8, 4) is 0 Å². The number of rotatable bonds is 11. The molecule has 0 heterocycles. The van der Waals surface area contributed by atoms with E-state index in [1.807, 2.05) is 6.07 Å². The van der Waals surface area contributed by atoms with E-state index < -0.39 is 28.9 Å². The van der Waals surface area contributed by atoms with E-state index in [0.717, 1.165) is 0 Å². The van der Waals surface area contributed by atoms with Crippen molar-refractivity contribution in [3.05, 3.63) is 164 Å². The van der Waals surface area contributed by atoms with Gasteiger partial charge in [0.05, 0.1) is 10.6 Å². The van der Waals surface area contributed by atoms with Crippen molar-refractivity contribution in [1.82, 2.24) is 5.32 Å². The number of hydrogen-bond acceptors (Lipinski definition) is 5. The SMILES string of the molecule is O=C(Nc1cccc(SC(C(=O)Nc2ccc(Cl)c(C(=O)O)c2)c2ccccc2)c1)/C(=C\c1c(Cl)cccc1Cl)NC(=O)c1ccccc1. The molecule has 0 fully saturated rings. The van der Waals surface area contributed by atoms with Gasteiger partial charge >= 0.3 is 5.97 Å². The summed E-state index contributed by atoms with van der Waals surface area (Å²) in [6.07, 6.45) is 1.40. The van der Waals surface area contributed by atoms with E-state index in [1.165, 1.54) is 36.0 Å². The van der Waals surface area contributed by atoms with E-state index >= 15 is 0 Å². The van der Waals surface area contributed by atoms with E-state index in [4.69, 9.17) is 34.8 Å². The summed E-state index contributed by atoms with van der Waals surface area (Å²) < 4.78 is 0. The first-order valence-corrected chi connectivity index (χ1v) is 16.6. The van der Waals surface area contributed by atoms with E-state index in [2.05, 4.69) is 16.0 Å². The van der Waals surface area contributed by atoms with Gasteiger partial charge in [0, 0.05) is 37.4 Å². The molecule has 12 heteroatoms. The predicted molar refractivity (Wildman–Crippen MR) is 195 cm³/mol. The second-order valence-corrected chi connectivity index (χ2v) is 12.8. The molecule has 246 valence electrons. The quantitative estimate of drug-likeness (QED) is 0.0794. The zero-order valence-electron chi connectivity index (χ0n) is 25.3. The molecule has 0 bridgehead atoms. The molecule has 5 rings (SSSR count). The Morgan fingerprint density at radius 1 is 0.673 bits per heavy atom. The van der Waals surface area contributed by atoms with Crippen LogP contribution in [0.4, 0.5) is 11.4 Å². The van der Waals surface area contributed by atoms with Crippen LogP contribution in [0.3, 0.4) is 0 Å². The third-order valence-electron chi connectivity index (χ3n) is 6.97. The van der Waals surface area contributed by atoms with E-state index in [1.54, 1.807) is 97.1 Å². The molecular weight excluding hydrogens is 705 g/mol. The van der Waals surface area contributed by atoms with Gasteiger partial charge < -0.3 is 21.1 Å². The number of hydrogen-bond donors (Lipinski definition) is 4. The largest absolute Gasteiger partial charge is 0.478 e. The van der Waals surface area contributed by atoms with Crippen LogP contribution >= 0.6 is 46.6 Å². The second-order valence-electron chi connectivity index (χ2n) is 10.4. The Labute approximate surface area is 301 Å². The minimum absolute atomic E-state index is 0.0472. The van der Waals surface area contributed by atoms with Crippen molar-refractivity contribution >= 4 is 87.7 Å².